The first-order chi connectivity index (χ1) is 13.4. The van der Waals surface area contributed by atoms with Crippen molar-refractivity contribution in [2.45, 2.75) is 4.90 Å². The minimum Gasteiger partial charge on any atom is -0.400 e. The molecule has 0 aliphatic carbocycles. The molecule has 11 nitrogen and oxygen atoms in total. The van der Waals surface area contributed by atoms with Crippen LogP contribution in [0.2, 0.25) is 0 Å². The highest BCUT2D eigenvalue weighted by Crippen LogP contribution is 2.18. The molecule has 12 heteroatoms. The molecule has 1 N–H and O–H groups in total. The third-order valence-corrected chi connectivity index (χ3v) is 5.75. The highest BCUT2D eigenvalue weighted by molar-refractivity contribution is 7.89. The van der Waals surface area contributed by atoms with Crippen molar-refractivity contribution in [1.29, 1.82) is 0 Å². The summed E-state index contributed by atoms with van der Waals surface area (Å²) >= 11 is 0. The van der Waals surface area contributed by atoms with E-state index in [0.717, 1.165) is 12.3 Å². The maximum atomic E-state index is 12.7. The van der Waals surface area contributed by atoms with Gasteiger partial charge < -0.3 is 9.15 Å². The summed E-state index contributed by atoms with van der Waals surface area (Å²) in [5, 5.41) is 14.2. The van der Waals surface area contributed by atoms with Crippen LogP contribution in [-0.2, 0) is 14.8 Å². The lowest BCUT2D eigenvalue weighted by molar-refractivity contribution is -0.402. The molecule has 2 heterocycles. The summed E-state index contributed by atoms with van der Waals surface area (Å²) in [6.07, 6.45) is 1.10. The molecule has 0 unspecified atom stereocenters. The van der Waals surface area contributed by atoms with E-state index in [1.807, 2.05) is 0 Å². The van der Waals surface area contributed by atoms with Gasteiger partial charge in [0.05, 0.1) is 30.4 Å². The van der Waals surface area contributed by atoms with Gasteiger partial charge in [0.25, 0.3) is 5.91 Å². The number of sulfonamides is 1. The highest BCUT2D eigenvalue weighted by atomic mass is 32.2. The third kappa shape index (κ3) is 4.42. The Morgan fingerprint density at radius 2 is 2.00 bits per heavy atom. The fourth-order valence-electron chi connectivity index (χ4n) is 2.46. The molecule has 1 amide bonds. The van der Waals surface area contributed by atoms with Crippen molar-refractivity contribution in [3.8, 4) is 0 Å². The topological polar surface area (TPSA) is 144 Å². The predicted octanol–water partition coefficient (Wildman–Crippen LogP) is 0.973. The van der Waals surface area contributed by atoms with Gasteiger partial charge >= 0.3 is 5.88 Å². The number of amides is 1. The number of nitrogens with one attached hydrogen (secondary N) is 1. The van der Waals surface area contributed by atoms with Crippen LogP contribution in [0.3, 0.4) is 0 Å². The summed E-state index contributed by atoms with van der Waals surface area (Å²) in [5.74, 6) is -1.01. The molecule has 0 radical (unpaired) electrons. The Morgan fingerprint density at radius 1 is 1.25 bits per heavy atom. The number of benzene rings is 1. The zero-order valence-electron chi connectivity index (χ0n) is 14.5. The molecular formula is C16H16N4O7S. The number of carbonyl (C=O) groups excluding carboxylic acids is 1. The number of hydrogen-bond acceptors (Lipinski definition) is 8. The van der Waals surface area contributed by atoms with Crippen LogP contribution in [0.1, 0.15) is 16.1 Å². The zero-order chi connectivity index (χ0) is 20.1. The molecule has 1 aliphatic heterocycles. The first-order valence-electron chi connectivity index (χ1n) is 8.13. The minimum atomic E-state index is -3.73. The second-order valence-electron chi connectivity index (χ2n) is 5.68. The SMILES string of the molecule is O=C(NN=Cc1ccc([N+](=O)[O-])o1)c1cccc(S(=O)(=O)N2CCOCC2)c1. The number of ether oxygens (including phenoxy) is 1. The number of carbonyl (C=O) groups is 1. The molecule has 1 aromatic heterocycles. The number of morpholine rings is 1. The quantitative estimate of drug-likeness (QED) is 0.426. The summed E-state index contributed by atoms with van der Waals surface area (Å²) in [4.78, 5) is 22.1. The normalized spacial score (nSPS) is 15.6. The van der Waals surface area contributed by atoms with E-state index >= 15 is 0 Å². The number of rotatable bonds is 6. The molecule has 0 saturated carbocycles. The Labute approximate surface area is 159 Å². The van der Waals surface area contributed by atoms with Gasteiger partial charge in [-0.1, -0.05) is 6.07 Å². The maximum Gasteiger partial charge on any atom is 0.433 e. The molecule has 0 bridgehead atoms. The predicted molar refractivity (Wildman–Crippen MR) is 96.4 cm³/mol. The Morgan fingerprint density at radius 3 is 2.68 bits per heavy atom. The highest BCUT2D eigenvalue weighted by Gasteiger charge is 2.26. The van der Waals surface area contributed by atoms with Crippen LogP contribution >= 0.6 is 0 Å². The summed E-state index contributed by atoms with van der Waals surface area (Å²) in [7, 11) is -3.73. The lowest BCUT2D eigenvalue weighted by Gasteiger charge is -2.26. The number of nitro groups is 1. The summed E-state index contributed by atoms with van der Waals surface area (Å²) < 4.78 is 36.6. The smallest absolute Gasteiger partial charge is 0.400 e. The molecule has 0 spiro atoms. The monoisotopic (exact) mass is 408 g/mol. The Balaban J connectivity index is 1.69. The van der Waals surface area contributed by atoms with Crippen LogP contribution < -0.4 is 5.43 Å². The lowest BCUT2D eigenvalue weighted by Crippen LogP contribution is -2.40. The van der Waals surface area contributed by atoms with Crippen molar-refractivity contribution in [3.63, 3.8) is 0 Å². The molecule has 3 rings (SSSR count). The van der Waals surface area contributed by atoms with E-state index in [1.165, 1.54) is 34.6 Å². The summed E-state index contributed by atoms with van der Waals surface area (Å²) in [6.45, 7) is 1.13. The number of hydrogen-bond donors (Lipinski definition) is 1. The van der Waals surface area contributed by atoms with Crippen molar-refractivity contribution in [3.05, 3.63) is 57.8 Å². The molecule has 1 aromatic carbocycles. The van der Waals surface area contributed by atoms with Gasteiger partial charge in [-0.05, 0) is 24.3 Å². The first kappa shape index (κ1) is 19.7. The van der Waals surface area contributed by atoms with Gasteiger partial charge in [0, 0.05) is 18.7 Å². The molecule has 1 fully saturated rings. The van der Waals surface area contributed by atoms with Gasteiger partial charge in [0.2, 0.25) is 10.0 Å². The number of furan rings is 1. The van der Waals surface area contributed by atoms with Crippen LogP contribution in [0.25, 0.3) is 0 Å². The molecule has 28 heavy (non-hydrogen) atoms. The molecule has 148 valence electrons. The van der Waals surface area contributed by atoms with Crippen LogP contribution in [0.15, 0.2) is 50.8 Å². The molecular weight excluding hydrogens is 392 g/mol. The molecule has 0 atom stereocenters. The fourth-order valence-corrected chi connectivity index (χ4v) is 3.92. The Bertz CT molecular complexity index is 1010. The number of hydrazone groups is 1. The second-order valence-corrected chi connectivity index (χ2v) is 7.61. The van der Waals surface area contributed by atoms with E-state index in [4.69, 9.17) is 9.15 Å². The Hall–Kier alpha value is -3.09. The largest absolute Gasteiger partial charge is 0.433 e. The first-order valence-corrected chi connectivity index (χ1v) is 9.57. The van der Waals surface area contributed by atoms with E-state index in [2.05, 4.69) is 10.5 Å². The fraction of sp³-hybridized carbons (Fsp3) is 0.250. The van der Waals surface area contributed by atoms with Crippen molar-refractivity contribution < 1.29 is 27.3 Å². The van der Waals surface area contributed by atoms with Crippen molar-refractivity contribution in [1.82, 2.24) is 9.73 Å². The van der Waals surface area contributed by atoms with E-state index in [9.17, 15) is 23.3 Å². The van der Waals surface area contributed by atoms with Crippen molar-refractivity contribution in [2.75, 3.05) is 26.3 Å². The summed E-state index contributed by atoms with van der Waals surface area (Å²) in [6, 6.07) is 8.05. The Kier molecular flexibility index (Phi) is 5.82. The van der Waals surface area contributed by atoms with E-state index in [-0.39, 0.29) is 29.3 Å². The summed E-state index contributed by atoms with van der Waals surface area (Å²) in [5.41, 5.74) is 2.31. The lowest BCUT2D eigenvalue weighted by atomic mass is 10.2. The van der Waals surface area contributed by atoms with Crippen molar-refractivity contribution in [2.24, 2.45) is 5.10 Å². The van der Waals surface area contributed by atoms with Crippen LogP contribution in [-0.4, -0.2) is 56.1 Å². The number of nitrogens with zero attached hydrogens (tertiary/aromatic N) is 3. The minimum absolute atomic E-state index is 0.00677. The van der Waals surface area contributed by atoms with Gasteiger partial charge in [-0.2, -0.15) is 9.41 Å². The average Bonchev–Trinajstić information content (AvgIpc) is 3.18. The second kappa shape index (κ2) is 8.29. The molecule has 1 saturated heterocycles. The van der Waals surface area contributed by atoms with Gasteiger partial charge in [-0.3, -0.25) is 14.9 Å². The zero-order valence-corrected chi connectivity index (χ0v) is 15.3. The van der Waals surface area contributed by atoms with E-state index in [0.29, 0.717) is 13.2 Å². The molecule has 2 aromatic rings. The maximum absolute atomic E-state index is 12.7. The van der Waals surface area contributed by atoms with Gasteiger partial charge in [-0.25, -0.2) is 13.8 Å². The molecule has 1 aliphatic rings. The van der Waals surface area contributed by atoms with Crippen LogP contribution in [0, 0.1) is 10.1 Å². The van der Waals surface area contributed by atoms with Gasteiger partial charge in [0.15, 0.2) is 5.76 Å². The van der Waals surface area contributed by atoms with Crippen LogP contribution in [0.4, 0.5) is 5.88 Å². The van der Waals surface area contributed by atoms with E-state index in [1.54, 1.807) is 0 Å². The van der Waals surface area contributed by atoms with Gasteiger partial charge in [-0.15, -0.1) is 0 Å². The third-order valence-electron chi connectivity index (χ3n) is 3.85. The standard InChI is InChI=1S/C16H16N4O7S/c21-16(18-17-11-13-4-5-15(27-13)20(22)23)12-2-1-3-14(10-12)28(24,25)19-6-8-26-9-7-19/h1-5,10-11H,6-9H2,(H,18,21). The van der Waals surface area contributed by atoms with E-state index < -0.39 is 26.7 Å². The van der Waals surface area contributed by atoms with Crippen molar-refractivity contribution >= 4 is 28.0 Å². The van der Waals surface area contributed by atoms with Crippen LogP contribution in [0.5, 0.6) is 0 Å². The average molecular weight is 408 g/mol. The van der Waals surface area contributed by atoms with Gasteiger partial charge in [0.1, 0.15) is 4.92 Å².